The highest BCUT2D eigenvalue weighted by Gasteiger charge is 2.21. The Balaban J connectivity index is 1.32. The Labute approximate surface area is 190 Å². The minimum absolute atomic E-state index is 0.0355. The SMILES string of the molecule is COc1ccc(N2CCN(CC(=O)N[C@@H](Cc3ccccc3)c3ccccc3)CC2)cc1. The van der Waals surface area contributed by atoms with Crippen molar-refractivity contribution in [2.24, 2.45) is 0 Å². The van der Waals surface area contributed by atoms with Gasteiger partial charge in [-0.2, -0.15) is 0 Å². The lowest BCUT2D eigenvalue weighted by Gasteiger charge is -2.36. The van der Waals surface area contributed by atoms with Gasteiger partial charge in [-0.15, -0.1) is 0 Å². The minimum Gasteiger partial charge on any atom is -0.497 e. The minimum atomic E-state index is -0.0355. The maximum absolute atomic E-state index is 12.9. The number of nitrogens with zero attached hydrogens (tertiary/aromatic N) is 2. The van der Waals surface area contributed by atoms with Crippen LogP contribution in [-0.4, -0.2) is 50.6 Å². The van der Waals surface area contributed by atoms with Crippen LogP contribution < -0.4 is 15.0 Å². The van der Waals surface area contributed by atoms with E-state index >= 15 is 0 Å². The van der Waals surface area contributed by atoms with Crippen LogP contribution in [0.4, 0.5) is 5.69 Å². The molecule has 3 aromatic rings. The lowest BCUT2D eigenvalue weighted by Crippen LogP contribution is -2.50. The van der Waals surface area contributed by atoms with Crippen molar-refractivity contribution in [2.45, 2.75) is 12.5 Å². The predicted octanol–water partition coefficient (Wildman–Crippen LogP) is 3.92. The van der Waals surface area contributed by atoms with Gasteiger partial charge in [-0.1, -0.05) is 60.7 Å². The van der Waals surface area contributed by atoms with Crippen LogP contribution in [0.5, 0.6) is 5.75 Å². The zero-order chi connectivity index (χ0) is 22.2. The van der Waals surface area contributed by atoms with Crippen molar-refractivity contribution in [3.05, 3.63) is 96.1 Å². The first-order valence-corrected chi connectivity index (χ1v) is 11.2. The summed E-state index contributed by atoms with van der Waals surface area (Å²) in [6, 6.07) is 28.7. The van der Waals surface area contributed by atoms with Gasteiger partial charge in [0.15, 0.2) is 0 Å². The summed E-state index contributed by atoms with van der Waals surface area (Å²) < 4.78 is 5.25. The molecular formula is C27H31N3O2. The number of rotatable bonds is 8. The molecule has 166 valence electrons. The number of carbonyl (C=O) groups is 1. The fourth-order valence-electron chi connectivity index (χ4n) is 4.19. The number of piperazine rings is 1. The van der Waals surface area contributed by atoms with Crippen LogP contribution in [0.25, 0.3) is 0 Å². The molecule has 1 fully saturated rings. The lowest BCUT2D eigenvalue weighted by molar-refractivity contribution is -0.123. The third kappa shape index (κ3) is 5.89. The van der Waals surface area contributed by atoms with Gasteiger partial charge in [0.2, 0.25) is 5.91 Å². The number of carbonyl (C=O) groups excluding carboxylic acids is 1. The second-order valence-corrected chi connectivity index (χ2v) is 8.18. The van der Waals surface area contributed by atoms with Gasteiger partial charge in [-0.05, 0) is 41.8 Å². The predicted molar refractivity (Wildman–Crippen MR) is 129 cm³/mol. The average Bonchev–Trinajstić information content (AvgIpc) is 2.85. The van der Waals surface area contributed by atoms with Gasteiger partial charge < -0.3 is 15.0 Å². The van der Waals surface area contributed by atoms with E-state index in [-0.39, 0.29) is 11.9 Å². The average molecular weight is 430 g/mol. The number of ether oxygens (including phenoxy) is 1. The topological polar surface area (TPSA) is 44.8 Å². The monoisotopic (exact) mass is 429 g/mol. The van der Waals surface area contributed by atoms with E-state index in [1.54, 1.807) is 7.11 Å². The van der Waals surface area contributed by atoms with Gasteiger partial charge in [-0.3, -0.25) is 9.69 Å². The van der Waals surface area contributed by atoms with E-state index in [0.717, 1.165) is 43.9 Å². The Morgan fingerprint density at radius 2 is 1.50 bits per heavy atom. The molecule has 0 aromatic heterocycles. The van der Waals surface area contributed by atoms with Gasteiger partial charge in [0.1, 0.15) is 5.75 Å². The van der Waals surface area contributed by atoms with E-state index in [2.05, 4.69) is 51.5 Å². The van der Waals surface area contributed by atoms with Gasteiger partial charge >= 0.3 is 0 Å². The van der Waals surface area contributed by atoms with Gasteiger partial charge in [0, 0.05) is 31.9 Å². The summed E-state index contributed by atoms with van der Waals surface area (Å²) in [6.45, 7) is 3.98. The molecule has 1 amide bonds. The van der Waals surface area contributed by atoms with Crippen LogP contribution in [0.15, 0.2) is 84.9 Å². The standard InChI is InChI=1S/C27H31N3O2/c1-32-25-14-12-24(13-15-25)30-18-16-29(17-19-30)21-27(31)28-26(23-10-6-3-7-11-23)20-22-8-4-2-5-9-22/h2-15,26H,16-21H2,1H3,(H,28,31)/t26-/m0/s1. The van der Waals surface area contributed by atoms with Crippen molar-refractivity contribution in [1.82, 2.24) is 10.2 Å². The smallest absolute Gasteiger partial charge is 0.234 e. The molecule has 0 saturated carbocycles. The van der Waals surface area contributed by atoms with Gasteiger partial charge in [0.05, 0.1) is 19.7 Å². The third-order valence-corrected chi connectivity index (χ3v) is 6.00. The van der Waals surface area contributed by atoms with E-state index in [0.29, 0.717) is 6.54 Å². The molecule has 5 nitrogen and oxygen atoms in total. The number of nitrogens with one attached hydrogen (secondary N) is 1. The lowest BCUT2D eigenvalue weighted by atomic mass is 9.99. The zero-order valence-corrected chi connectivity index (χ0v) is 18.6. The van der Waals surface area contributed by atoms with Crippen molar-refractivity contribution >= 4 is 11.6 Å². The molecule has 1 aliphatic rings. The number of benzene rings is 3. The van der Waals surface area contributed by atoms with Crippen LogP contribution >= 0.6 is 0 Å². The third-order valence-electron chi connectivity index (χ3n) is 6.00. The first kappa shape index (κ1) is 21.9. The number of hydrogen-bond donors (Lipinski definition) is 1. The molecule has 5 heteroatoms. The molecule has 1 heterocycles. The normalized spacial score (nSPS) is 15.2. The van der Waals surface area contributed by atoms with Crippen molar-refractivity contribution in [3.63, 3.8) is 0 Å². The maximum Gasteiger partial charge on any atom is 0.234 e. The number of methoxy groups -OCH3 is 1. The molecule has 1 atom stereocenters. The Morgan fingerprint density at radius 3 is 2.12 bits per heavy atom. The summed E-state index contributed by atoms with van der Waals surface area (Å²) >= 11 is 0. The van der Waals surface area contributed by atoms with Crippen LogP contribution in [-0.2, 0) is 11.2 Å². The first-order chi connectivity index (χ1) is 15.7. The van der Waals surface area contributed by atoms with Crippen molar-refractivity contribution in [1.29, 1.82) is 0 Å². The summed E-state index contributed by atoms with van der Waals surface area (Å²) in [5, 5.41) is 3.28. The summed E-state index contributed by atoms with van der Waals surface area (Å²) in [5.41, 5.74) is 3.55. The second kappa shape index (κ2) is 10.8. The molecule has 1 saturated heterocycles. The van der Waals surface area contributed by atoms with Gasteiger partial charge in [-0.25, -0.2) is 0 Å². The number of anilines is 1. The number of amides is 1. The molecule has 4 rings (SSSR count). The number of hydrogen-bond acceptors (Lipinski definition) is 4. The van der Waals surface area contributed by atoms with Gasteiger partial charge in [0.25, 0.3) is 0 Å². The second-order valence-electron chi connectivity index (χ2n) is 8.18. The molecule has 1 N–H and O–H groups in total. The fourth-order valence-corrected chi connectivity index (χ4v) is 4.19. The Morgan fingerprint density at radius 1 is 0.875 bits per heavy atom. The highest BCUT2D eigenvalue weighted by atomic mass is 16.5. The summed E-state index contributed by atoms with van der Waals surface area (Å²) in [7, 11) is 1.68. The molecule has 0 unspecified atom stereocenters. The van der Waals surface area contributed by atoms with E-state index in [1.165, 1.54) is 11.3 Å². The molecule has 3 aromatic carbocycles. The quantitative estimate of drug-likeness (QED) is 0.590. The molecule has 0 aliphatic carbocycles. The first-order valence-electron chi connectivity index (χ1n) is 11.2. The summed E-state index contributed by atoms with van der Waals surface area (Å²) in [4.78, 5) is 17.5. The Bertz CT molecular complexity index is 969. The van der Waals surface area contributed by atoms with Crippen LogP contribution in [0, 0.1) is 0 Å². The van der Waals surface area contributed by atoms with Crippen molar-refractivity contribution in [3.8, 4) is 5.75 Å². The molecule has 0 bridgehead atoms. The van der Waals surface area contributed by atoms with E-state index in [1.807, 2.05) is 48.5 Å². The maximum atomic E-state index is 12.9. The Kier molecular flexibility index (Phi) is 7.41. The van der Waals surface area contributed by atoms with Crippen LogP contribution in [0.2, 0.25) is 0 Å². The molecule has 32 heavy (non-hydrogen) atoms. The largest absolute Gasteiger partial charge is 0.497 e. The van der Waals surface area contributed by atoms with E-state index in [9.17, 15) is 4.79 Å². The zero-order valence-electron chi connectivity index (χ0n) is 18.6. The Hall–Kier alpha value is -3.31. The van der Waals surface area contributed by atoms with Crippen molar-refractivity contribution < 1.29 is 9.53 Å². The van der Waals surface area contributed by atoms with E-state index in [4.69, 9.17) is 4.74 Å². The fraction of sp³-hybridized carbons (Fsp3) is 0.296. The molecule has 0 radical (unpaired) electrons. The summed E-state index contributed by atoms with van der Waals surface area (Å²) in [5.74, 6) is 0.945. The van der Waals surface area contributed by atoms with Crippen LogP contribution in [0.3, 0.4) is 0 Å². The summed E-state index contributed by atoms with van der Waals surface area (Å²) in [6.07, 6.45) is 0.780. The molecule has 1 aliphatic heterocycles. The van der Waals surface area contributed by atoms with E-state index < -0.39 is 0 Å². The van der Waals surface area contributed by atoms with Crippen LogP contribution in [0.1, 0.15) is 17.2 Å². The van der Waals surface area contributed by atoms with Crippen molar-refractivity contribution in [2.75, 3.05) is 44.7 Å². The molecular weight excluding hydrogens is 398 g/mol. The highest BCUT2D eigenvalue weighted by Crippen LogP contribution is 2.21. The highest BCUT2D eigenvalue weighted by molar-refractivity contribution is 5.78. The molecule has 0 spiro atoms.